The van der Waals surface area contributed by atoms with Gasteiger partial charge in [0.05, 0.1) is 22.4 Å². The number of thiazole rings is 1. The number of urea groups is 1. The Labute approximate surface area is 215 Å². The van der Waals surface area contributed by atoms with Gasteiger partial charge in [0.2, 0.25) is 0 Å². The minimum Gasteiger partial charge on any atom is -0.466 e. The number of anilines is 1. The van der Waals surface area contributed by atoms with Crippen molar-refractivity contribution in [1.29, 1.82) is 0 Å². The second kappa shape index (κ2) is 11.8. The molecule has 1 heterocycles. The Morgan fingerprint density at radius 3 is 2.11 bits per heavy atom. The van der Waals surface area contributed by atoms with Gasteiger partial charge in [0.15, 0.2) is 5.13 Å². The number of amides is 2. The van der Waals surface area contributed by atoms with Crippen molar-refractivity contribution in [3.8, 4) is 0 Å². The summed E-state index contributed by atoms with van der Waals surface area (Å²) in [6.45, 7) is 4.59. The molecule has 0 spiro atoms. The third-order valence-electron chi connectivity index (χ3n) is 6.30. The number of fused-ring (bicyclic) bond motifs is 1. The van der Waals surface area contributed by atoms with Gasteiger partial charge in [-0.3, -0.25) is 10.1 Å². The molecule has 1 aromatic heterocycles. The number of aromatic nitrogens is 1. The number of para-hydroxylation sites is 1. The van der Waals surface area contributed by atoms with Crippen LogP contribution in [0, 0.1) is 0 Å². The first-order valence-corrected chi connectivity index (χ1v) is 13.1. The van der Waals surface area contributed by atoms with E-state index in [4.69, 9.17) is 4.74 Å². The van der Waals surface area contributed by atoms with Crippen molar-refractivity contribution in [3.05, 3.63) is 96.1 Å². The normalized spacial score (nSPS) is 11.3. The van der Waals surface area contributed by atoms with Crippen LogP contribution in [0.3, 0.4) is 0 Å². The first-order valence-electron chi connectivity index (χ1n) is 12.3. The Morgan fingerprint density at radius 2 is 1.53 bits per heavy atom. The van der Waals surface area contributed by atoms with Crippen molar-refractivity contribution in [3.63, 3.8) is 0 Å². The smallest absolute Gasteiger partial charge is 0.324 e. The zero-order valence-corrected chi connectivity index (χ0v) is 21.5. The molecule has 36 heavy (non-hydrogen) atoms. The lowest BCUT2D eigenvalue weighted by Gasteiger charge is -2.44. The van der Waals surface area contributed by atoms with Crippen molar-refractivity contribution in [2.24, 2.45) is 0 Å². The number of carbonyl (C=O) groups excluding carboxylic acids is 2. The second-order valence-electron chi connectivity index (χ2n) is 8.42. The van der Waals surface area contributed by atoms with Gasteiger partial charge in [-0.05, 0) is 43.0 Å². The number of ether oxygens (including phenoxy) is 1. The number of hydrogen-bond acceptors (Lipinski definition) is 5. The highest BCUT2D eigenvalue weighted by molar-refractivity contribution is 7.22. The fourth-order valence-corrected chi connectivity index (χ4v) is 5.53. The van der Waals surface area contributed by atoms with E-state index in [0.29, 0.717) is 31.1 Å². The van der Waals surface area contributed by atoms with Gasteiger partial charge in [0.25, 0.3) is 0 Å². The lowest BCUT2D eigenvalue weighted by atomic mass is 9.79. The number of hydrogen-bond donors (Lipinski definition) is 1. The van der Waals surface area contributed by atoms with E-state index in [1.165, 1.54) is 11.3 Å². The summed E-state index contributed by atoms with van der Waals surface area (Å²) in [5.74, 6) is -0.259. The largest absolute Gasteiger partial charge is 0.466 e. The number of nitrogens with zero attached hydrogens (tertiary/aromatic N) is 2. The molecule has 0 aliphatic rings. The van der Waals surface area contributed by atoms with Crippen molar-refractivity contribution < 1.29 is 14.3 Å². The molecule has 0 aliphatic carbocycles. The highest BCUT2D eigenvalue weighted by atomic mass is 32.1. The van der Waals surface area contributed by atoms with Crippen LogP contribution in [0.15, 0.2) is 84.9 Å². The predicted octanol–water partition coefficient (Wildman–Crippen LogP) is 6.83. The second-order valence-corrected chi connectivity index (χ2v) is 9.45. The molecule has 0 fully saturated rings. The molecule has 4 rings (SSSR count). The predicted molar refractivity (Wildman–Crippen MR) is 145 cm³/mol. The lowest BCUT2D eigenvalue weighted by molar-refractivity contribution is -0.143. The number of benzene rings is 3. The third-order valence-corrected chi connectivity index (χ3v) is 7.25. The minimum atomic E-state index is -0.738. The fourth-order valence-electron chi connectivity index (χ4n) is 4.67. The first kappa shape index (κ1) is 25.4. The van der Waals surface area contributed by atoms with Crippen molar-refractivity contribution in [2.45, 2.75) is 38.6 Å². The number of nitrogens with one attached hydrogen (secondary N) is 1. The fraction of sp³-hybridized carbons (Fsp3) is 0.276. The molecule has 0 bridgehead atoms. The molecule has 186 valence electrons. The van der Waals surface area contributed by atoms with Crippen LogP contribution in [0.5, 0.6) is 0 Å². The van der Waals surface area contributed by atoms with Crippen LogP contribution in [0.1, 0.15) is 44.2 Å². The zero-order valence-electron chi connectivity index (χ0n) is 20.6. The minimum absolute atomic E-state index is 0.238. The van der Waals surface area contributed by atoms with E-state index in [-0.39, 0.29) is 18.4 Å². The van der Waals surface area contributed by atoms with Crippen LogP contribution in [-0.4, -0.2) is 35.0 Å². The topological polar surface area (TPSA) is 71.5 Å². The quantitative estimate of drug-likeness (QED) is 0.242. The molecular weight excluding hydrogens is 470 g/mol. The first-order chi connectivity index (χ1) is 17.6. The molecule has 0 aliphatic heterocycles. The van der Waals surface area contributed by atoms with Crippen LogP contribution in [0.4, 0.5) is 9.93 Å². The average Bonchev–Trinajstić information content (AvgIpc) is 3.32. The molecule has 6 nitrogen and oxygen atoms in total. The molecule has 0 saturated carbocycles. The van der Waals surface area contributed by atoms with E-state index in [0.717, 1.165) is 21.3 Å². The van der Waals surface area contributed by atoms with Gasteiger partial charge in [-0.25, -0.2) is 9.78 Å². The molecule has 2 amide bonds. The van der Waals surface area contributed by atoms with E-state index < -0.39 is 5.54 Å². The van der Waals surface area contributed by atoms with E-state index in [1.54, 1.807) is 6.92 Å². The molecule has 3 aromatic carbocycles. The zero-order chi connectivity index (χ0) is 25.4. The van der Waals surface area contributed by atoms with Gasteiger partial charge in [0.1, 0.15) is 0 Å². The van der Waals surface area contributed by atoms with Crippen LogP contribution in [0.25, 0.3) is 10.2 Å². The molecule has 0 saturated heterocycles. The Bertz CT molecular complexity index is 1220. The van der Waals surface area contributed by atoms with Crippen molar-refractivity contribution >= 4 is 38.7 Å². The SMILES string of the molecule is CCOC(=O)CCCN(C(=O)Nc1nc2ccccc2s1)C(CC)(c1ccccc1)c1ccccc1. The summed E-state index contributed by atoms with van der Waals surface area (Å²) in [5, 5.41) is 3.60. The monoisotopic (exact) mass is 501 g/mol. The average molecular weight is 502 g/mol. The van der Waals surface area contributed by atoms with Gasteiger partial charge in [-0.15, -0.1) is 0 Å². The maximum Gasteiger partial charge on any atom is 0.324 e. The lowest BCUT2D eigenvalue weighted by Crippen LogP contribution is -2.52. The number of carbonyl (C=O) groups is 2. The molecule has 0 atom stereocenters. The summed E-state index contributed by atoms with van der Waals surface area (Å²) < 4.78 is 6.14. The van der Waals surface area contributed by atoms with E-state index in [9.17, 15) is 9.59 Å². The van der Waals surface area contributed by atoms with Gasteiger partial charge in [-0.1, -0.05) is 91.1 Å². The van der Waals surface area contributed by atoms with Gasteiger partial charge in [0, 0.05) is 13.0 Å². The summed E-state index contributed by atoms with van der Waals surface area (Å²) in [7, 11) is 0. The van der Waals surface area contributed by atoms with Crippen molar-refractivity contribution in [2.75, 3.05) is 18.5 Å². The highest BCUT2D eigenvalue weighted by Gasteiger charge is 2.41. The summed E-state index contributed by atoms with van der Waals surface area (Å²) >= 11 is 1.44. The Hall–Kier alpha value is -3.71. The van der Waals surface area contributed by atoms with E-state index in [1.807, 2.05) is 65.6 Å². The Kier molecular flexibility index (Phi) is 8.33. The summed E-state index contributed by atoms with van der Waals surface area (Å²) in [5.41, 5.74) is 2.13. The van der Waals surface area contributed by atoms with E-state index in [2.05, 4.69) is 41.5 Å². The maximum absolute atomic E-state index is 14.0. The number of rotatable bonds is 10. The Balaban J connectivity index is 1.74. The van der Waals surface area contributed by atoms with Gasteiger partial charge < -0.3 is 9.64 Å². The van der Waals surface area contributed by atoms with Crippen LogP contribution >= 0.6 is 11.3 Å². The van der Waals surface area contributed by atoms with Crippen molar-refractivity contribution in [1.82, 2.24) is 9.88 Å². The molecule has 1 N–H and O–H groups in total. The molecule has 0 unspecified atom stereocenters. The van der Waals surface area contributed by atoms with Crippen LogP contribution in [0.2, 0.25) is 0 Å². The molecular formula is C29H31N3O3S. The molecule has 7 heteroatoms. The summed E-state index contributed by atoms with van der Waals surface area (Å²) in [4.78, 5) is 32.6. The molecule has 4 aromatic rings. The van der Waals surface area contributed by atoms with E-state index >= 15 is 0 Å². The standard InChI is InChI=1S/C29H31N3O3S/c1-3-29(22-14-7-5-8-15-22,23-16-9-6-10-17-23)32(21-13-20-26(33)35-4-2)28(34)31-27-30-24-18-11-12-19-25(24)36-27/h5-12,14-19H,3-4,13,20-21H2,1-2H3,(H,30,31,34). The maximum atomic E-state index is 14.0. The van der Waals surface area contributed by atoms with Crippen LogP contribution < -0.4 is 5.32 Å². The highest BCUT2D eigenvalue weighted by Crippen LogP contribution is 2.40. The van der Waals surface area contributed by atoms with Crippen LogP contribution in [-0.2, 0) is 15.1 Å². The summed E-state index contributed by atoms with van der Waals surface area (Å²) in [6, 6.07) is 27.7. The Morgan fingerprint density at radius 1 is 0.917 bits per heavy atom. The molecule has 0 radical (unpaired) electrons. The third kappa shape index (κ3) is 5.41. The van der Waals surface area contributed by atoms with Gasteiger partial charge in [-0.2, -0.15) is 0 Å². The summed E-state index contributed by atoms with van der Waals surface area (Å²) in [6.07, 6.45) is 1.36. The van der Waals surface area contributed by atoms with Gasteiger partial charge >= 0.3 is 12.0 Å². The number of esters is 1.